The molecule has 1 aliphatic rings. The minimum absolute atomic E-state index is 0.293. The summed E-state index contributed by atoms with van der Waals surface area (Å²) in [7, 11) is 0. The molecule has 1 amide bonds. The number of hydrogen-bond acceptors (Lipinski definition) is 4. The number of amidine groups is 1. The second-order valence-corrected chi connectivity index (χ2v) is 6.31. The molecular formula is C15H10BrN3O2S. The number of pyridine rings is 1. The molecule has 0 fully saturated rings. The smallest absolute Gasteiger partial charge is 0.286 e. The summed E-state index contributed by atoms with van der Waals surface area (Å²) in [5.74, 6) is -0.293. The molecule has 1 aromatic heterocycles. The van der Waals surface area contributed by atoms with E-state index in [1.807, 2.05) is 24.3 Å². The van der Waals surface area contributed by atoms with Gasteiger partial charge in [0.1, 0.15) is 0 Å². The molecule has 2 aromatic rings. The van der Waals surface area contributed by atoms with Crippen LogP contribution in [0.3, 0.4) is 0 Å². The molecule has 1 N–H and O–H groups in total. The predicted molar refractivity (Wildman–Crippen MR) is 91.2 cm³/mol. The third kappa shape index (κ3) is 3.37. The van der Waals surface area contributed by atoms with Crippen LogP contribution in [0.2, 0.25) is 0 Å². The van der Waals surface area contributed by atoms with Crippen molar-refractivity contribution in [1.82, 2.24) is 0 Å². The van der Waals surface area contributed by atoms with Crippen LogP contribution in [0.15, 0.2) is 63.2 Å². The number of halogens is 1. The van der Waals surface area contributed by atoms with Gasteiger partial charge in [-0.05, 0) is 51.5 Å². The SMILES string of the molecule is O=C1N=C(Nc2ccccc2Br)SC1=Cc1cc[n+]([O-])cc1. The van der Waals surface area contributed by atoms with E-state index in [0.29, 0.717) is 14.8 Å². The second kappa shape index (κ2) is 6.33. The van der Waals surface area contributed by atoms with Crippen molar-refractivity contribution >= 4 is 50.5 Å². The van der Waals surface area contributed by atoms with Crippen LogP contribution in [0, 0.1) is 5.21 Å². The average molecular weight is 376 g/mol. The van der Waals surface area contributed by atoms with Gasteiger partial charge in [0, 0.05) is 16.6 Å². The van der Waals surface area contributed by atoms with E-state index in [1.54, 1.807) is 18.2 Å². The number of aliphatic imine (C=N–C) groups is 1. The van der Waals surface area contributed by atoms with E-state index in [1.165, 1.54) is 24.2 Å². The minimum Gasteiger partial charge on any atom is -0.619 e. The monoisotopic (exact) mass is 375 g/mol. The van der Waals surface area contributed by atoms with Gasteiger partial charge in [-0.15, -0.1) is 0 Å². The molecule has 0 saturated carbocycles. The Bertz CT molecular complexity index is 788. The summed E-state index contributed by atoms with van der Waals surface area (Å²) in [6.45, 7) is 0. The van der Waals surface area contributed by atoms with Crippen molar-refractivity contribution in [3.8, 4) is 0 Å². The van der Waals surface area contributed by atoms with Crippen molar-refractivity contribution in [2.45, 2.75) is 0 Å². The third-order valence-corrected chi connectivity index (χ3v) is 4.45. The zero-order valence-electron chi connectivity index (χ0n) is 11.2. The number of hydrogen-bond donors (Lipinski definition) is 1. The summed E-state index contributed by atoms with van der Waals surface area (Å²) >= 11 is 4.70. The number of thioether (sulfide) groups is 1. The summed E-state index contributed by atoms with van der Waals surface area (Å²) in [5, 5.41) is 14.6. The van der Waals surface area contributed by atoms with Gasteiger partial charge in [-0.2, -0.15) is 9.72 Å². The fourth-order valence-corrected chi connectivity index (χ4v) is 3.02. The fraction of sp³-hybridized carbons (Fsp3) is 0. The van der Waals surface area contributed by atoms with Gasteiger partial charge in [-0.1, -0.05) is 12.1 Å². The molecule has 0 radical (unpaired) electrons. The lowest BCUT2D eigenvalue weighted by molar-refractivity contribution is -0.605. The van der Waals surface area contributed by atoms with Crippen LogP contribution >= 0.6 is 27.7 Å². The normalized spacial score (nSPS) is 16.0. The first-order chi connectivity index (χ1) is 10.6. The van der Waals surface area contributed by atoms with Crippen molar-refractivity contribution in [3.05, 3.63) is 68.9 Å². The molecule has 0 atom stereocenters. The fourth-order valence-electron chi connectivity index (χ4n) is 1.81. The molecule has 0 spiro atoms. The van der Waals surface area contributed by atoms with Crippen LogP contribution in [-0.2, 0) is 4.79 Å². The topological polar surface area (TPSA) is 68.4 Å². The highest BCUT2D eigenvalue weighted by atomic mass is 79.9. The number of amides is 1. The molecule has 2 heterocycles. The number of carbonyl (C=O) groups excluding carboxylic acids is 1. The van der Waals surface area contributed by atoms with Crippen molar-refractivity contribution in [2.75, 3.05) is 5.32 Å². The highest BCUT2D eigenvalue weighted by Crippen LogP contribution is 2.30. The Morgan fingerprint density at radius 3 is 2.68 bits per heavy atom. The number of carbonyl (C=O) groups is 1. The first-order valence-electron chi connectivity index (χ1n) is 6.35. The number of anilines is 1. The van der Waals surface area contributed by atoms with Gasteiger partial charge in [0.05, 0.1) is 10.6 Å². The van der Waals surface area contributed by atoms with Crippen molar-refractivity contribution in [3.63, 3.8) is 0 Å². The van der Waals surface area contributed by atoms with Crippen LogP contribution in [0.5, 0.6) is 0 Å². The third-order valence-electron chi connectivity index (χ3n) is 2.86. The lowest BCUT2D eigenvalue weighted by Crippen LogP contribution is -2.23. The van der Waals surface area contributed by atoms with Gasteiger partial charge in [0.2, 0.25) is 0 Å². The van der Waals surface area contributed by atoms with Crippen molar-refractivity contribution in [1.29, 1.82) is 0 Å². The highest BCUT2D eigenvalue weighted by molar-refractivity contribution is 9.10. The Balaban J connectivity index is 1.76. The Labute approximate surface area is 139 Å². The molecule has 7 heteroatoms. The van der Waals surface area contributed by atoms with Gasteiger partial charge < -0.3 is 10.5 Å². The maximum Gasteiger partial charge on any atom is 0.286 e. The van der Waals surface area contributed by atoms with Crippen molar-refractivity contribution in [2.24, 2.45) is 4.99 Å². The molecular weight excluding hydrogens is 366 g/mol. The molecule has 3 rings (SSSR count). The maximum absolute atomic E-state index is 11.9. The first kappa shape index (κ1) is 14.8. The largest absolute Gasteiger partial charge is 0.619 e. The summed E-state index contributed by atoms with van der Waals surface area (Å²) in [6.07, 6.45) is 4.49. The molecule has 1 aliphatic heterocycles. The highest BCUT2D eigenvalue weighted by Gasteiger charge is 2.22. The van der Waals surface area contributed by atoms with Crippen LogP contribution in [0.4, 0.5) is 5.69 Å². The van der Waals surface area contributed by atoms with E-state index < -0.39 is 0 Å². The quantitative estimate of drug-likeness (QED) is 0.497. The van der Waals surface area contributed by atoms with Gasteiger partial charge in [0.25, 0.3) is 5.91 Å². The van der Waals surface area contributed by atoms with Crippen LogP contribution < -0.4 is 10.0 Å². The van der Waals surface area contributed by atoms with E-state index in [2.05, 4.69) is 26.2 Å². The first-order valence-corrected chi connectivity index (χ1v) is 7.96. The standard InChI is InChI=1S/C15H10BrN3O2S/c16-11-3-1-2-4-12(11)17-15-18-14(20)13(22-15)9-10-5-7-19(21)8-6-10/h1-9H,(H,17,18,20). The summed E-state index contributed by atoms with van der Waals surface area (Å²) < 4.78 is 1.59. The lowest BCUT2D eigenvalue weighted by atomic mass is 10.2. The number of aromatic nitrogens is 1. The Morgan fingerprint density at radius 1 is 1.23 bits per heavy atom. The second-order valence-electron chi connectivity index (χ2n) is 4.43. The van der Waals surface area contributed by atoms with Gasteiger partial charge >= 0.3 is 0 Å². The van der Waals surface area contributed by atoms with E-state index in [4.69, 9.17) is 0 Å². The van der Waals surface area contributed by atoms with Gasteiger partial charge in [-0.3, -0.25) is 4.79 Å². The number of para-hydroxylation sites is 1. The predicted octanol–water partition coefficient (Wildman–Crippen LogP) is 3.16. The lowest BCUT2D eigenvalue weighted by Gasteiger charge is -2.06. The molecule has 5 nitrogen and oxygen atoms in total. The molecule has 1 aromatic carbocycles. The van der Waals surface area contributed by atoms with E-state index in [9.17, 15) is 10.0 Å². The zero-order chi connectivity index (χ0) is 15.5. The van der Waals surface area contributed by atoms with E-state index >= 15 is 0 Å². The number of nitrogens with one attached hydrogen (secondary N) is 1. The van der Waals surface area contributed by atoms with Crippen LogP contribution in [0.1, 0.15) is 5.56 Å². The number of benzene rings is 1. The maximum atomic E-state index is 11.9. The minimum atomic E-state index is -0.293. The van der Waals surface area contributed by atoms with Crippen LogP contribution in [0.25, 0.3) is 6.08 Å². The molecule has 0 aliphatic carbocycles. The number of rotatable bonds is 2. The molecule has 0 saturated heterocycles. The summed E-state index contributed by atoms with van der Waals surface area (Å²) in [5.41, 5.74) is 1.62. The Morgan fingerprint density at radius 2 is 1.95 bits per heavy atom. The average Bonchev–Trinajstić information content (AvgIpc) is 2.84. The van der Waals surface area contributed by atoms with Crippen LogP contribution in [-0.4, -0.2) is 11.1 Å². The van der Waals surface area contributed by atoms with E-state index in [0.717, 1.165) is 15.7 Å². The van der Waals surface area contributed by atoms with Gasteiger partial charge in [0.15, 0.2) is 17.6 Å². The van der Waals surface area contributed by atoms with Crippen molar-refractivity contribution < 1.29 is 9.52 Å². The Hall–Kier alpha value is -2.12. The zero-order valence-corrected chi connectivity index (χ0v) is 13.6. The molecule has 22 heavy (non-hydrogen) atoms. The Kier molecular flexibility index (Phi) is 4.26. The summed E-state index contributed by atoms with van der Waals surface area (Å²) in [4.78, 5) is 16.4. The molecule has 0 unspecified atom stereocenters. The number of nitrogens with zero attached hydrogens (tertiary/aromatic N) is 2. The molecule has 110 valence electrons. The van der Waals surface area contributed by atoms with E-state index in [-0.39, 0.29) is 5.91 Å². The van der Waals surface area contributed by atoms with Gasteiger partial charge in [-0.25, -0.2) is 0 Å². The summed E-state index contributed by atoms with van der Waals surface area (Å²) in [6, 6.07) is 10.9. The molecule has 0 bridgehead atoms.